The Morgan fingerprint density at radius 2 is 2.04 bits per heavy atom. The van der Waals surface area contributed by atoms with E-state index in [0.717, 1.165) is 23.5 Å². The summed E-state index contributed by atoms with van der Waals surface area (Å²) in [6.07, 6.45) is 7.85. The van der Waals surface area contributed by atoms with E-state index < -0.39 is 0 Å². The number of ether oxygens (including phenoxy) is 1. The fourth-order valence-electron chi connectivity index (χ4n) is 3.46. The van der Waals surface area contributed by atoms with Gasteiger partial charge in [0.15, 0.2) is 5.96 Å². The minimum atomic E-state index is 0. The molecule has 2 saturated carbocycles. The highest BCUT2D eigenvalue weighted by molar-refractivity contribution is 14.0. The minimum absolute atomic E-state index is 0. The molecule has 2 unspecified atom stereocenters. The summed E-state index contributed by atoms with van der Waals surface area (Å²) >= 11 is 2.09. The molecule has 2 aliphatic rings. The van der Waals surface area contributed by atoms with Gasteiger partial charge in [-0.2, -0.15) is 11.8 Å². The van der Waals surface area contributed by atoms with Crippen LogP contribution in [0.1, 0.15) is 51.0 Å². The summed E-state index contributed by atoms with van der Waals surface area (Å²) in [6.45, 7) is 2.98. The average Bonchev–Trinajstić information content (AvgIpc) is 3.03. The maximum atomic E-state index is 6.12. The zero-order valence-corrected chi connectivity index (χ0v) is 19.0. The van der Waals surface area contributed by atoms with Crippen molar-refractivity contribution < 1.29 is 4.74 Å². The lowest BCUT2D eigenvalue weighted by atomic mass is 9.96. The second kappa shape index (κ2) is 11.3. The molecule has 4 nitrogen and oxygen atoms in total. The number of hydrogen-bond donors (Lipinski definition) is 2. The third-order valence-electron chi connectivity index (χ3n) is 5.12. The first kappa shape index (κ1) is 21.7. The molecule has 0 amide bonds. The lowest BCUT2D eigenvalue weighted by Gasteiger charge is -2.27. The van der Waals surface area contributed by atoms with Crippen LogP contribution < -0.4 is 15.4 Å². The summed E-state index contributed by atoms with van der Waals surface area (Å²) in [5, 5.41) is 7.86. The molecule has 0 heterocycles. The number of rotatable bonds is 7. The predicted octanol–water partition coefficient (Wildman–Crippen LogP) is 4.58. The van der Waals surface area contributed by atoms with Crippen LogP contribution in [-0.4, -0.2) is 36.2 Å². The second-order valence-corrected chi connectivity index (χ2v) is 8.51. The van der Waals surface area contributed by atoms with Gasteiger partial charge in [0.05, 0.1) is 6.10 Å². The number of benzene rings is 1. The van der Waals surface area contributed by atoms with E-state index in [-0.39, 0.29) is 24.0 Å². The van der Waals surface area contributed by atoms with Crippen LogP contribution in [0.25, 0.3) is 0 Å². The molecule has 2 N–H and O–H groups in total. The van der Waals surface area contributed by atoms with Gasteiger partial charge < -0.3 is 15.4 Å². The predicted molar refractivity (Wildman–Crippen MR) is 123 cm³/mol. The van der Waals surface area contributed by atoms with Crippen molar-refractivity contribution in [1.82, 2.24) is 10.6 Å². The number of thioether (sulfide) groups is 1. The summed E-state index contributed by atoms with van der Waals surface area (Å²) in [7, 11) is 1.85. The quantitative estimate of drug-likeness (QED) is 0.335. The Labute approximate surface area is 179 Å². The van der Waals surface area contributed by atoms with Crippen molar-refractivity contribution in [2.75, 3.05) is 12.8 Å². The van der Waals surface area contributed by atoms with Gasteiger partial charge in [-0.05, 0) is 50.3 Å². The standard InChI is InChI=1S/C20H31N3OS.HI/c1-3-25-18-12-11-16(13-18)23-20(21-2)22-14-15-7-4-5-10-19(15)24-17-8-6-9-17;/h4-5,7,10,16-18H,3,6,8-9,11-14H2,1-2H3,(H2,21,22,23);1H. The highest BCUT2D eigenvalue weighted by atomic mass is 127. The van der Waals surface area contributed by atoms with Crippen molar-refractivity contribution in [2.45, 2.75) is 69.4 Å². The number of para-hydroxylation sites is 1. The van der Waals surface area contributed by atoms with Crippen molar-refractivity contribution in [3.8, 4) is 5.75 Å². The van der Waals surface area contributed by atoms with Gasteiger partial charge in [0, 0.05) is 30.4 Å². The van der Waals surface area contributed by atoms with Crippen LogP contribution in [0.3, 0.4) is 0 Å². The van der Waals surface area contributed by atoms with Crippen molar-refractivity contribution in [1.29, 1.82) is 0 Å². The Morgan fingerprint density at radius 1 is 1.23 bits per heavy atom. The Hall–Kier alpha value is -0.630. The molecular weight excluding hydrogens is 457 g/mol. The van der Waals surface area contributed by atoms with E-state index in [1.165, 1.54) is 49.8 Å². The smallest absolute Gasteiger partial charge is 0.191 e. The van der Waals surface area contributed by atoms with Crippen molar-refractivity contribution >= 4 is 41.7 Å². The lowest BCUT2D eigenvalue weighted by Crippen LogP contribution is -2.42. The van der Waals surface area contributed by atoms with E-state index in [1.54, 1.807) is 0 Å². The van der Waals surface area contributed by atoms with Gasteiger partial charge in [0.2, 0.25) is 0 Å². The molecule has 2 atom stereocenters. The molecule has 6 heteroatoms. The number of hydrogen-bond acceptors (Lipinski definition) is 3. The maximum Gasteiger partial charge on any atom is 0.191 e. The van der Waals surface area contributed by atoms with Crippen LogP contribution in [0.5, 0.6) is 5.75 Å². The summed E-state index contributed by atoms with van der Waals surface area (Å²) < 4.78 is 6.12. The van der Waals surface area contributed by atoms with Crippen LogP contribution in [0, 0.1) is 0 Å². The average molecular weight is 489 g/mol. The van der Waals surface area contributed by atoms with Crippen molar-refractivity contribution in [2.24, 2.45) is 4.99 Å². The Kier molecular flexibility index (Phi) is 9.39. The monoisotopic (exact) mass is 489 g/mol. The van der Waals surface area contributed by atoms with Crippen LogP contribution in [-0.2, 0) is 6.54 Å². The van der Waals surface area contributed by atoms with Gasteiger partial charge in [-0.3, -0.25) is 4.99 Å². The van der Waals surface area contributed by atoms with Gasteiger partial charge in [-0.25, -0.2) is 0 Å². The van der Waals surface area contributed by atoms with Crippen LogP contribution >= 0.6 is 35.7 Å². The van der Waals surface area contributed by atoms with Gasteiger partial charge >= 0.3 is 0 Å². The zero-order valence-electron chi connectivity index (χ0n) is 15.9. The first-order valence-corrected chi connectivity index (χ1v) is 10.7. The molecule has 0 aromatic heterocycles. The van der Waals surface area contributed by atoms with E-state index in [9.17, 15) is 0 Å². The summed E-state index contributed by atoms with van der Waals surface area (Å²) in [6, 6.07) is 8.88. The third kappa shape index (κ3) is 6.22. The fourth-order valence-corrected chi connectivity index (χ4v) is 4.60. The Balaban J connectivity index is 0.00000243. The van der Waals surface area contributed by atoms with E-state index in [2.05, 4.69) is 58.6 Å². The molecule has 0 aliphatic heterocycles. The van der Waals surface area contributed by atoms with E-state index in [0.29, 0.717) is 12.1 Å². The Bertz CT molecular complexity index is 580. The molecule has 0 spiro atoms. The summed E-state index contributed by atoms with van der Waals surface area (Å²) in [5.74, 6) is 3.11. The molecule has 0 bridgehead atoms. The summed E-state index contributed by atoms with van der Waals surface area (Å²) in [5.41, 5.74) is 1.20. The minimum Gasteiger partial charge on any atom is -0.490 e. The maximum absolute atomic E-state index is 6.12. The highest BCUT2D eigenvalue weighted by Gasteiger charge is 2.25. The molecular formula is C20H32IN3OS. The molecule has 2 fully saturated rings. The fraction of sp³-hybridized carbons (Fsp3) is 0.650. The van der Waals surface area contributed by atoms with Gasteiger partial charge in [0.25, 0.3) is 0 Å². The van der Waals surface area contributed by atoms with Crippen LogP contribution in [0.2, 0.25) is 0 Å². The topological polar surface area (TPSA) is 45.7 Å². The van der Waals surface area contributed by atoms with Gasteiger partial charge in [-0.15, -0.1) is 24.0 Å². The van der Waals surface area contributed by atoms with Crippen molar-refractivity contribution in [3.63, 3.8) is 0 Å². The third-order valence-corrected chi connectivity index (χ3v) is 6.35. The molecule has 0 saturated heterocycles. The zero-order chi connectivity index (χ0) is 17.5. The van der Waals surface area contributed by atoms with Crippen LogP contribution in [0.4, 0.5) is 0 Å². The molecule has 1 aromatic carbocycles. The molecule has 26 heavy (non-hydrogen) atoms. The normalized spacial score (nSPS) is 23.1. The van der Waals surface area contributed by atoms with Gasteiger partial charge in [-0.1, -0.05) is 25.1 Å². The number of aliphatic imine (C=N–C) groups is 1. The first-order chi connectivity index (χ1) is 12.3. The number of nitrogens with zero attached hydrogens (tertiary/aromatic N) is 1. The van der Waals surface area contributed by atoms with Gasteiger partial charge in [0.1, 0.15) is 5.75 Å². The summed E-state index contributed by atoms with van der Waals surface area (Å²) in [4.78, 5) is 4.40. The second-order valence-electron chi connectivity index (χ2n) is 6.94. The highest BCUT2D eigenvalue weighted by Crippen LogP contribution is 2.30. The number of halogens is 1. The molecule has 2 aliphatic carbocycles. The first-order valence-electron chi connectivity index (χ1n) is 9.61. The van der Waals surface area contributed by atoms with E-state index in [1.807, 2.05) is 7.05 Å². The lowest BCUT2D eigenvalue weighted by molar-refractivity contribution is 0.119. The number of nitrogens with one attached hydrogen (secondary N) is 2. The molecule has 3 rings (SSSR count). The van der Waals surface area contributed by atoms with E-state index >= 15 is 0 Å². The molecule has 0 radical (unpaired) electrons. The molecule has 146 valence electrons. The van der Waals surface area contributed by atoms with Crippen molar-refractivity contribution in [3.05, 3.63) is 29.8 Å². The Morgan fingerprint density at radius 3 is 2.73 bits per heavy atom. The SMILES string of the molecule is CCSC1CCC(NC(=NC)NCc2ccccc2OC2CCC2)C1.I. The number of guanidine groups is 1. The van der Waals surface area contributed by atoms with E-state index in [4.69, 9.17) is 4.74 Å². The molecule has 1 aromatic rings. The largest absolute Gasteiger partial charge is 0.490 e. The van der Waals surface area contributed by atoms with Crippen LogP contribution in [0.15, 0.2) is 29.3 Å².